The van der Waals surface area contributed by atoms with Gasteiger partial charge in [-0.25, -0.2) is 4.98 Å². The van der Waals surface area contributed by atoms with Crippen molar-refractivity contribution in [1.82, 2.24) is 9.55 Å². The normalized spacial score (nSPS) is 11.6. The standard InChI is InChI=1S/C15H20N2O/c1-15(2,3)14-10-17(11-16-14)9-12-5-7-13(18-4)8-6-12/h5-8,10-11H,9H2,1-4H3. The maximum Gasteiger partial charge on any atom is 0.118 e. The first kappa shape index (κ1) is 12.7. The van der Waals surface area contributed by atoms with E-state index < -0.39 is 0 Å². The van der Waals surface area contributed by atoms with Crippen LogP contribution < -0.4 is 4.74 Å². The Balaban J connectivity index is 2.11. The van der Waals surface area contributed by atoms with E-state index in [1.807, 2.05) is 18.5 Å². The fourth-order valence-electron chi connectivity index (χ4n) is 1.78. The van der Waals surface area contributed by atoms with Gasteiger partial charge in [0.1, 0.15) is 5.75 Å². The Hall–Kier alpha value is -1.77. The first-order valence-electron chi connectivity index (χ1n) is 6.14. The van der Waals surface area contributed by atoms with Gasteiger partial charge in [-0.3, -0.25) is 0 Å². The first-order valence-corrected chi connectivity index (χ1v) is 6.14. The summed E-state index contributed by atoms with van der Waals surface area (Å²) >= 11 is 0. The lowest BCUT2D eigenvalue weighted by Gasteiger charge is -2.14. The lowest BCUT2D eigenvalue weighted by atomic mass is 9.93. The largest absolute Gasteiger partial charge is 0.497 e. The van der Waals surface area contributed by atoms with E-state index in [9.17, 15) is 0 Å². The van der Waals surface area contributed by atoms with E-state index in [0.29, 0.717) is 0 Å². The van der Waals surface area contributed by atoms with E-state index in [1.54, 1.807) is 7.11 Å². The van der Waals surface area contributed by atoms with Crippen LogP contribution in [0.4, 0.5) is 0 Å². The van der Waals surface area contributed by atoms with Crippen molar-refractivity contribution in [3.8, 4) is 5.75 Å². The van der Waals surface area contributed by atoms with E-state index in [4.69, 9.17) is 4.74 Å². The van der Waals surface area contributed by atoms with Gasteiger partial charge >= 0.3 is 0 Å². The number of nitrogens with zero attached hydrogens (tertiary/aromatic N) is 2. The summed E-state index contributed by atoms with van der Waals surface area (Å²) in [5.41, 5.74) is 2.47. The average molecular weight is 244 g/mol. The number of imidazole rings is 1. The fourth-order valence-corrected chi connectivity index (χ4v) is 1.78. The molecule has 96 valence electrons. The zero-order valence-electron chi connectivity index (χ0n) is 11.5. The molecular formula is C15H20N2O. The second-order valence-corrected chi connectivity index (χ2v) is 5.53. The summed E-state index contributed by atoms with van der Waals surface area (Å²) in [4.78, 5) is 4.46. The Bertz CT molecular complexity index is 506. The average Bonchev–Trinajstić information content (AvgIpc) is 2.78. The van der Waals surface area contributed by atoms with E-state index in [2.05, 4.69) is 48.7 Å². The van der Waals surface area contributed by atoms with Gasteiger partial charge in [0.05, 0.1) is 19.1 Å². The second-order valence-electron chi connectivity index (χ2n) is 5.53. The minimum absolute atomic E-state index is 0.102. The lowest BCUT2D eigenvalue weighted by molar-refractivity contribution is 0.414. The first-order chi connectivity index (χ1) is 8.49. The molecule has 2 aromatic rings. The Kier molecular flexibility index (Phi) is 3.41. The van der Waals surface area contributed by atoms with Crippen molar-refractivity contribution < 1.29 is 4.74 Å². The van der Waals surface area contributed by atoms with Crippen LogP contribution >= 0.6 is 0 Å². The Morgan fingerprint density at radius 1 is 1.17 bits per heavy atom. The van der Waals surface area contributed by atoms with Crippen molar-refractivity contribution in [2.45, 2.75) is 32.7 Å². The summed E-state index contributed by atoms with van der Waals surface area (Å²) in [6.07, 6.45) is 4.01. The second kappa shape index (κ2) is 4.84. The highest BCUT2D eigenvalue weighted by Gasteiger charge is 2.16. The van der Waals surface area contributed by atoms with E-state index in [-0.39, 0.29) is 5.41 Å². The quantitative estimate of drug-likeness (QED) is 0.828. The predicted molar refractivity (Wildman–Crippen MR) is 73.0 cm³/mol. The third kappa shape index (κ3) is 2.92. The fraction of sp³-hybridized carbons (Fsp3) is 0.400. The van der Waals surface area contributed by atoms with Gasteiger partial charge < -0.3 is 9.30 Å². The molecule has 0 amide bonds. The van der Waals surface area contributed by atoms with Crippen LogP contribution in [0.5, 0.6) is 5.75 Å². The zero-order valence-corrected chi connectivity index (χ0v) is 11.5. The third-order valence-electron chi connectivity index (χ3n) is 2.93. The molecule has 0 atom stereocenters. The highest BCUT2D eigenvalue weighted by molar-refractivity contribution is 5.27. The number of ether oxygens (including phenoxy) is 1. The van der Waals surface area contributed by atoms with Crippen LogP contribution in [0.1, 0.15) is 32.0 Å². The molecule has 1 heterocycles. The molecule has 18 heavy (non-hydrogen) atoms. The number of methoxy groups -OCH3 is 1. The number of hydrogen-bond donors (Lipinski definition) is 0. The monoisotopic (exact) mass is 244 g/mol. The van der Waals surface area contributed by atoms with Gasteiger partial charge in [-0.15, -0.1) is 0 Å². The molecule has 2 rings (SSSR count). The number of benzene rings is 1. The molecule has 0 aliphatic rings. The minimum Gasteiger partial charge on any atom is -0.497 e. The van der Waals surface area contributed by atoms with Crippen molar-refractivity contribution in [3.05, 3.63) is 48.0 Å². The van der Waals surface area contributed by atoms with Crippen LogP contribution in [0.2, 0.25) is 0 Å². The Labute approximate surface area is 108 Å². The Morgan fingerprint density at radius 2 is 1.83 bits per heavy atom. The predicted octanol–water partition coefficient (Wildman–Crippen LogP) is 3.24. The van der Waals surface area contributed by atoms with Gasteiger partial charge in [0.15, 0.2) is 0 Å². The van der Waals surface area contributed by atoms with Crippen molar-refractivity contribution >= 4 is 0 Å². The van der Waals surface area contributed by atoms with Gasteiger partial charge in [0, 0.05) is 18.2 Å². The van der Waals surface area contributed by atoms with Crippen LogP contribution in [-0.4, -0.2) is 16.7 Å². The zero-order chi connectivity index (χ0) is 13.2. The van der Waals surface area contributed by atoms with Crippen LogP contribution in [0.3, 0.4) is 0 Å². The highest BCUT2D eigenvalue weighted by atomic mass is 16.5. The molecule has 0 saturated heterocycles. The molecule has 0 spiro atoms. The maximum atomic E-state index is 5.15. The van der Waals surface area contributed by atoms with Gasteiger partial charge in [-0.2, -0.15) is 0 Å². The van der Waals surface area contributed by atoms with Crippen LogP contribution in [0.25, 0.3) is 0 Å². The summed E-state index contributed by atoms with van der Waals surface area (Å²) in [5, 5.41) is 0. The van der Waals surface area contributed by atoms with E-state index in [0.717, 1.165) is 18.0 Å². The maximum absolute atomic E-state index is 5.15. The van der Waals surface area contributed by atoms with Gasteiger partial charge in [0.2, 0.25) is 0 Å². The SMILES string of the molecule is COc1ccc(Cn2cnc(C(C)(C)C)c2)cc1. The van der Waals surface area contributed by atoms with Crippen molar-refractivity contribution in [2.24, 2.45) is 0 Å². The molecule has 0 aliphatic heterocycles. The molecule has 3 nitrogen and oxygen atoms in total. The van der Waals surface area contributed by atoms with Crippen LogP contribution in [0.15, 0.2) is 36.8 Å². The number of hydrogen-bond acceptors (Lipinski definition) is 2. The molecule has 0 radical (unpaired) electrons. The summed E-state index contributed by atoms with van der Waals surface area (Å²) in [7, 11) is 1.68. The molecule has 0 saturated carbocycles. The highest BCUT2D eigenvalue weighted by Crippen LogP contribution is 2.20. The smallest absolute Gasteiger partial charge is 0.118 e. The van der Waals surface area contributed by atoms with E-state index >= 15 is 0 Å². The molecule has 0 bridgehead atoms. The van der Waals surface area contributed by atoms with Crippen molar-refractivity contribution in [1.29, 1.82) is 0 Å². The summed E-state index contributed by atoms with van der Waals surface area (Å²) in [6, 6.07) is 8.12. The number of rotatable bonds is 3. The topological polar surface area (TPSA) is 27.1 Å². The summed E-state index contributed by atoms with van der Waals surface area (Å²) in [6.45, 7) is 7.36. The summed E-state index contributed by atoms with van der Waals surface area (Å²) < 4.78 is 7.26. The Morgan fingerprint density at radius 3 is 2.33 bits per heavy atom. The summed E-state index contributed by atoms with van der Waals surface area (Å²) in [5.74, 6) is 0.889. The van der Waals surface area contributed by atoms with Gasteiger partial charge in [-0.1, -0.05) is 32.9 Å². The van der Waals surface area contributed by atoms with Crippen molar-refractivity contribution in [2.75, 3.05) is 7.11 Å². The molecule has 0 fully saturated rings. The minimum atomic E-state index is 0.102. The number of aromatic nitrogens is 2. The molecule has 0 aliphatic carbocycles. The molecule has 1 aromatic heterocycles. The molecule has 3 heteroatoms. The van der Waals surface area contributed by atoms with E-state index in [1.165, 1.54) is 5.56 Å². The molecular weight excluding hydrogens is 224 g/mol. The van der Waals surface area contributed by atoms with Crippen molar-refractivity contribution in [3.63, 3.8) is 0 Å². The molecule has 0 N–H and O–H groups in total. The third-order valence-corrected chi connectivity index (χ3v) is 2.93. The van der Waals surface area contributed by atoms with Gasteiger partial charge in [0.25, 0.3) is 0 Å². The molecule has 1 aromatic carbocycles. The van der Waals surface area contributed by atoms with Gasteiger partial charge in [-0.05, 0) is 17.7 Å². The van der Waals surface area contributed by atoms with Crippen LogP contribution in [-0.2, 0) is 12.0 Å². The molecule has 0 unspecified atom stereocenters. The van der Waals surface area contributed by atoms with Crippen LogP contribution in [0, 0.1) is 0 Å². The lowest BCUT2D eigenvalue weighted by Crippen LogP contribution is -2.11.